The molecule has 0 saturated heterocycles. The number of hydrogen-bond acceptors (Lipinski definition) is 10. The summed E-state index contributed by atoms with van der Waals surface area (Å²) in [6.45, 7) is 3.02. The van der Waals surface area contributed by atoms with Gasteiger partial charge >= 0.3 is 5.97 Å². The van der Waals surface area contributed by atoms with Crippen molar-refractivity contribution in [3.05, 3.63) is 54.1 Å². The van der Waals surface area contributed by atoms with Gasteiger partial charge in [0.25, 0.3) is 0 Å². The molecular weight excluding hydrogens is 464 g/mol. The Balaban J connectivity index is 1.59. The predicted octanol–water partition coefficient (Wildman–Crippen LogP) is 2.93. The Morgan fingerprint density at radius 2 is 1.67 bits per heavy atom. The van der Waals surface area contributed by atoms with E-state index in [4.69, 9.17) is 9.47 Å². The normalized spacial score (nSPS) is 11.6. The zero-order valence-corrected chi connectivity index (χ0v) is 20.9. The lowest BCUT2D eigenvalue weighted by atomic mass is 10.1. The summed E-state index contributed by atoms with van der Waals surface area (Å²) >= 11 is 0. The number of nitrogens with one attached hydrogen (secondary N) is 1. The third kappa shape index (κ3) is 7.70. The lowest BCUT2D eigenvalue weighted by Gasteiger charge is -2.20. The summed E-state index contributed by atoms with van der Waals surface area (Å²) in [6, 6.07) is 13.9. The van der Waals surface area contributed by atoms with Gasteiger partial charge in [-0.25, -0.2) is 4.79 Å². The van der Waals surface area contributed by atoms with Gasteiger partial charge in [0.2, 0.25) is 17.8 Å². The summed E-state index contributed by atoms with van der Waals surface area (Å²) < 4.78 is 11.1. The average molecular weight is 497 g/mol. The van der Waals surface area contributed by atoms with Crippen molar-refractivity contribution in [2.45, 2.75) is 19.4 Å². The van der Waals surface area contributed by atoms with Gasteiger partial charge in [0.15, 0.2) is 6.10 Å². The third-order valence-corrected chi connectivity index (χ3v) is 5.16. The second kappa shape index (κ2) is 12.5. The molecule has 0 radical (unpaired) electrons. The largest absolute Gasteiger partial charge is 0.508 e. The van der Waals surface area contributed by atoms with Crippen LogP contribution < -0.4 is 19.9 Å². The minimum atomic E-state index is -0.975. The van der Waals surface area contributed by atoms with E-state index in [1.165, 1.54) is 0 Å². The highest BCUT2D eigenvalue weighted by Gasteiger charge is 2.18. The van der Waals surface area contributed by atoms with Crippen LogP contribution in [0.5, 0.6) is 11.5 Å². The molecule has 3 N–H and O–H groups in total. The summed E-state index contributed by atoms with van der Waals surface area (Å²) in [5, 5.41) is 21.9. The maximum absolute atomic E-state index is 11.3. The number of carboxylic acids is 1. The summed E-state index contributed by atoms with van der Waals surface area (Å²) in [7, 11) is 5.57. The molecule has 0 spiro atoms. The van der Waals surface area contributed by atoms with Gasteiger partial charge in [0.1, 0.15) is 18.1 Å². The number of aromatic nitrogens is 3. The van der Waals surface area contributed by atoms with E-state index >= 15 is 0 Å². The molecule has 3 rings (SSSR count). The number of phenols is 1. The number of anilines is 4. The number of hydrogen-bond donors (Lipinski definition) is 3. The van der Waals surface area contributed by atoms with Crippen LogP contribution in [0.3, 0.4) is 0 Å². The molecule has 36 heavy (non-hydrogen) atoms. The first kappa shape index (κ1) is 26.5. The summed E-state index contributed by atoms with van der Waals surface area (Å²) in [5.74, 6) is 1.23. The smallest absolute Gasteiger partial charge is 0.333 e. The maximum atomic E-state index is 11.3. The Kier molecular flexibility index (Phi) is 9.23. The Morgan fingerprint density at radius 1 is 1.00 bits per heavy atom. The Morgan fingerprint density at radius 3 is 2.28 bits per heavy atom. The molecule has 0 aliphatic heterocycles. The van der Waals surface area contributed by atoms with Gasteiger partial charge < -0.3 is 34.8 Å². The van der Waals surface area contributed by atoms with Gasteiger partial charge in [0.05, 0.1) is 6.54 Å². The fourth-order valence-corrected chi connectivity index (χ4v) is 3.21. The van der Waals surface area contributed by atoms with Crippen LogP contribution in [0.1, 0.15) is 12.5 Å². The predicted molar refractivity (Wildman–Crippen MR) is 138 cm³/mol. The van der Waals surface area contributed by atoms with Gasteiger partial charge in [-0.15, -0.1) is 0 Å². The molecule has 0 aliphatic rings. The molecule has 0 saturated carbocycles. The van der Waals surface area contributed by atoms with E-state index < -0.39 is 12.1 Å². The molecule has 11 heteroatoms. The second-order valence-corrected chi connectivity index (χ2v) is 8.23. The van der Waals surface area contributed by atoms with Crippen molar-refractivity contribution in [2.24, 2.45) is 0 Å². The minimum Gasteiger partial charge on any atom is -0.508 e. The fraction of sp³-hybridized carbons (Fsp3) is 0.360. The highest BCUT2D eigenvalue weighted by molar-refractivity contribution is 5.72. The Hall–Kier alpha value is -4.12. The molecule has 0 fully saturated rings. The molecular formula is C25H32N6O5. The van der Waals surface area contributed by atoms with Crippen molar-refractivity contribution < 1.29 is 24.5 Å². The van der Waals surface area contributed by atoms with E-state index in [2.05, 4.69) is 20.3 Å². The SMILES string of the molecule is CCOC(Cc1ccc(OCCN(C)c2nc(Nc3ccc(O)cc3)nc(N(C)C)n2)cc1)C(=O)O. The van der Waals surface area contributed by atoms with E-state index in [-0.39, 0.29) is 5.75 Å². The Bertz CT molecular complexity index is 1120. The lowest BCUT2D eigenvalue weighted by Crippen LogP contribution is -2.27. The highest BCUT2D eigenvalue weighted by Crippen LogP contribution is 2.20. The third-order valence-electron chi connectivity index (χ3n) is 5.16. The molecule has 0 aliphatic carbocycles. The molecule has 192 valence electrons. The number of aliphatic carboxylic acids is 1. The molecule has 3 aromatic rings. The molecule has 1 unspecified atom stereocenters. The zero-order valence-electron chi connectivity index (χ0n) is 20.9. The van der Waals surface area contributed by atoms with Crippen LogP contribution in [0.2, 0.25) is 0 Å². The zero-order chi connectivity index (χ0) is 26.1. The van der Waals surface area contributed by atoms with Crippen LogP contribution >= 0.6 is 0 Å². The number of carboxylic acid groups (broad SMARTS) is 1. The minimum absolute atomic E-state index is 0.176. The van der Waals surface area contributed by atoms with Gasteiger partial charge in [-0.05, 0) is 48.9 Å². The van der Waals surface area contributed by atoms with E-state index in [9.17, 15) is 15.0 Å². The number of benzene rings is 2. The molecule has 1 aromatic heterocycles. The standard InChI is InChI=1S/C25H32N6O5/c1-5-35-21(22(33)34)16-17-6-12-20(13-7-17)36-15-14-31(4)25-28-23(27-24(29-25)30(2)3)26-18-8-10-19(32)11-9-18/h6-13,21,32H,5,14-16H2,1-4H3,(H,33,34)(H,26,27,28,29). The van der Waals surface area contributed by atoms with Crippen molar-refractivity contribution >= 4 is 29.5 Å². The van der Waals surface area contributed by atoms with Crippen LogP contribution in [0.25, 0.3) is 0 Å². The topological polar surface area (TPSA) is 133 Å². The highest BCUT2D eigenvalue weighted by atomic mass is 16.5. The Labute approximate surface area is 210 Å². The molecule has 0 amide bonds. The monoisotopic (exact) mass is 496 g/mol. The number of ether oxygens (including phenoxy) is 2. The van der Waals surface area contributed by atoms with Crippen LogP contribution in [0, 0.1) is 0 Å². The van der Waals surface area contributed by atoms with Crippen molar-refractivity contribution in [2.75, 3.05) is 56.0 Å². The van der Waals surface area contributed by atoms with Crippen LogP contribution in [-0.2, 0) is 16.0 Å². The molecule has 11 nitrogen and oxygen atoms in total. The van der Waals surface area contributed by atoms with Gasteiger partial charge in [-0.1, -0.05) is 12.1 Å². The van der Waals surface area contributed by atoms with Crippen molar-refractivity contribution in [3.8, 4) is 11.5 Å². The van der Waals surface area contributed by atoms with Gasteiger partial charge in [-0.2, -0.15) is 15.0 Å². The first-order valence-electron chi connectivity index (χ1n) is 11.5. The quantitative estimate of drug-likeness (QED) is 0.302. The molecule has 0 bridgehead atoms. The lowest BCUT2D eigenvalue weighted by molar-refractivity contribution is -0.149. The number of likely N-dealkylation sites (N-methyl/N-ethyl adjacent to an activating group) is 1. The first-order valence-corrected chi connectivity index (χ1v) is 11.5. The number of carbonyl (C=O) groups is 1. The first-order chi connectivity index (χ1) is 17.2. The average Bonchev–Trinajstić information content (AvgIpc) is 2.85. The summed E-state index contributed by atoms with van der Waals surface area (Å²) in [5.41, 5.74) is 1.59. The number of nitrogens with zero attached hydrogens (tertiary/aromatic N) is 5. The van der Waals surface area contributed by atoms with E-state index in [1.807, 2.05) is 50.3 Å². The van der Waals surface area contributed by atoms with E-state index in [1.54, 1.807) is 36.1 Å². The maximum Gasteiger partial charge on any atom is 0.333 e. The van der Waals surface area contributed by atoms with Gasteiger partial charge in [0, 0.05) is 39.9 Å². The molecule has 2 aromatic carbocycles. The van der Waals surface area contributed by atoms with Crippen molar-refractivity contribution in [1.82, 2.24) is 15.0 Å². The number of rotatable bonds is 13. The van der Waals surface area contributed by atoms with Crippen LogP contribution in [-0.4, -0.2) is 78.1 Å². The van der Waals surface area contributed by atoms with E-state index in [0.717, 1.165) is 11.3 Å². The van der Waals surface area contributed by atoms with Gasteiger partial charge in [-0.3, -0.25) is 0 Å². The van der Waals surface area contributed by atoms with E-state index in [0.29, 0.717) is 49.8 Å². The van der Waals surface area contributed by atoms with Crippen LogP contribution in [0.4, 0.5) is 23.5 Å². The molecule has 1 atom stereocenters. The second-order valence-electron chi connectivity index (χ2n) is 8.23. The summed E-state index contributed by atoms with van der Waals surface area (Å²) in [6.07, 6.45) is -0.573. The van der Waals surface area contributed by atoms with Crippen LogP contribution in [0.15, 0.2) is 48.5 Å². The fourth-order valence-electron chi connectivity index (χ4n) is 3.21. The number of aromatic hydroxyl groups is 1. The van der Waals surface area contributed by atoms with Crippen molar-refractivity contribution in [3.63, 3.8) is 0 Å². The summed E-state index contributed by atoms with van der Waals surface area (Å²) in [4.78, 5) is 28.4. The molecule has 1 heterocycles. The van der Waals surface area contributed by atoms with Crippen molar-refractivity contribution in [1.29, 1.82) is 0 Å². The number of phenolic OH excluding ortho intramolecular Hbond substituents is 1.